The van der Waals surface area contributed by atoms with Gasteiger partial charge in [-0.25, -0.2) is 9.18 Å². The molecule has 0 saturated carbocycles. The first-order chi connectivity index (χ1) is 8.08. The van der Waals surface area contributed by atoms with E-state index < -0.39 is 17.9 Å². The van der Waals surface area contributed by atoms with Crippen LogP contribution in [0.4, 0.5) is 4.39 Å². The minimum absolute atomic E-state index is 0.0510. The summed E-state index contributed by atoms with van der Waals surface area (Å²) in [6.45, 7) is 0. The summed E-state index contributed by atoms with van der Waals surface area (Å²) in [4.78, 5) is 11.4. The summed E-state index contributed by atoms with van der Waals surface area (Å²) in [6.07, 6.45) is -0.289. The molecule has 3 nitrogen and oxygen atoms in total. The Hall–Kier alpha value is -0.810. The van der Waals surface area contributed by atoms with Crippen LogP contribution in [-0.2, 0) is 9.53 Å². The Morgan fingerprint density at radius 1 is 1.59 bits per heavy atom. The van der Waals surface area contributed by atoms with Crippen LogP contribution in [0.2, 0.25) is 5.02 Å². The average molecular weight is 326 g/mol. The maximum atomic E-state index is 12.9. The number of rotatable bonds is 5. The van der Waals surface area contributed by atoms with Crippen molar-refractivity contribution < 1.29 is 18.7 Å². The van der Waals surface area contributed by atoms with E-state index in [1.54, 1.807) is 0 Å². The molecule has 0 aliphatic carbocycles. The third-order valence-corrected chi connectivity index (χ3v) is 2.75. The molecule has 0 radical (unpaired) electrons. The molecule has 17 heavy (non-hydrogen) atoms. The second-order valence-corrected chi connectivity index (χ2v) is 4.38. The SMILES string of the molecule is COC(=O)C(CCBr)Oc1ccc(F)c(Cl)c1. The van der Waals surface area contributed by atoms with Gasteiger partial charge in [0, 0.05) is 17.8 Å². The van der Waals surface area contributed by atoms with Gasteiger partial charge >= 0.3 is 5.97 Å². The first kappa shape index (κ1) is 14.3. The molecule has 6 heteroatoms. The first-order valence-electron chi connectivity index (χ1n) is 4.84. The molecule has 0 amide bonds. The smallest absolute Gasteiger partial charge is 0.347 e. The number of esters is 1. The molecule has 1 aromatic rings. The number of carbonyl (C=O) groups is 1. The molecule has 1 atom stereocenters. The van der Waals surface area contributed by atoms with Crippen LogP contribution < -0.4 is 4.74 Å². The number of methoxy groups -OCH3 is 1. The molecular formula is C11H11BrClFO3. The maximum Gasteiger partial charge on any atom is 0.347 e. The van der Waals surface area contributed by atoms with Gasteiger partial charge in [-0.15, -0.1) is 0 Å². The molecule has 0 bridgehead atoms. The predicted octanol–water partition coefficient (Wildman–Crippen LogP) is 3.18. The van der Waals surface area contributed by atoms with Crippen molar-refractivity contribution in [3.63, 3.8) is 0 Å². The van der Waals surface area contributed by atoms with Gasteiger partial charge in [-0.1, -0.05) is 27.5 Å². The van der Waals surface area contributed by atoms with E-state index in [1.165, 1.54) is 25.3 Å². The van der Waals surface area contributed by atoms with E-state index in [0.29, 0.717) is 17.5 Å². The monoisotopic (exact) mass is 324 g/mol. The lowest BCUT2D eigenvalue weighted by Crippen LogP contribution is -2.29. The maximum absolute atomic E-state index is 12.9. The first-order valence-corrected chi connectivity index (χ1v) is 6.34. The highest BCUT2D eigenvalue weighted by atomic mass is 79.9. The summed E-state index contributed by atoms with van der Waals surface area (Å²) >= 11 is 8.82. The third-order valence-electron chi connectivity index (χ3n) is 2.00. The van der Waals surface area contributed by atoms with E-state index in [0.717, 1.165) is 0 Å². The van der Waals surface area contributed by atoms with E-state index in [-0.39, 0.29) is 5.02 Å². The standard InChI is InChI=1S/C11H11BrClFO3/c1-16-11(15)10(4-5-12)17-7-2-3-9(14)8(13)6-7/h2-3,6,10H,4-5H2,1H3. The Labute approximate surface area is 112 Å². The molecule has 0 spiro atoms. The van der Waals surface area contributed by atoms with Crippen molar-refractivity contribution in [1.29, 1.82) is 0 Å². The molecule has 94 valence electrons. The minimum Gasteiger partial charge on any atom is -0.479 e. The molecule has 1 unspecified atom stereocenters. The van der Waals surface area contributed by atoms with Gasteiger partial charge in [0.25, 0.3) is 0 Å². The van der Waals surface area contributed by atoms with Gasteiger partial charge in [0.2, 0.25) is 0 Å². The highest BCUT2D eigenvalue weighted by molar-refractivity contribution is 9.09. The lowest BCUT2D eigenvalue weighted by Gasteiger charge is -2.16. The zero-order valence-electron chi connectivity index (χ0n) is 9.08. The molecule has 0 aliphatic rings. The number of carbonyl (C=O) groups excluding carboxylic acids is 1. The van der Waals surface area contributed by atoms with Crippen LogP contribution in [0.1, 0.15) is 6.42 Å². The van der Waals surface area contributed by atoms with E-state index >= 15 is 0 Å². The average Bonchev–Trinajstić information content (AvgIpc) is 2.32. The molecular weight excluding hydrogens is 314 g/mol. The second-order valence-electron chi connectivity index (χ2n) is 3.18. The summed E-state index contributed by atoms with van der Waals surface area (Å²) in [5, 5.41) is 0.534. The van der Waals surface area contributed by atoms with Gasteiger partial charge in [-0.3, -0.25) is 0 Å². The fraction of sp³-hybridized carbons (Fsp3) is 0.364. The van der Waals surface area contributed by atoms with E-state index in [9.17, 15) is 9.18 Å². The highest BCUT2D eigenvalue weighted by Crippen LogP contribution is 2.22. The fourth-order valence-corrected chi connectivity index (χ4v) is 1.76. The predicted molar refractivity (Wildman–Crippen MR) is 66.3 cm³/mol. The van der Waals surface area contributed by atoms with E-state index in [2.05, 4.69) is 20.7 Å². The fourth-order valence-electron chi connectivity index (χ4n) is 1.17. The van der Waals surface area contributed by atoms with Gasteiger partial charge < -0.3 is 9.47 Å². The number of hydrogen-bond donors (Lipinski definition) is 0. The zero-order chi connectivity index (χ0) is 12.8. The molecule has 0 saturated heterocycles. The van der Waals surface area contributed by atoms with Crippen molar-refractivity contribution in [1.82, 2.24) is 0 Å². The quantitative estimate of drug-likeness (QED) is 0.616. The number of alkyl halides is 1. The van der Waals surface area contributed by atoms with E-state index in [4.69, 9.17) is 16.3 Å². The third kappa shape index (κ3) is 4.16. The van der Waals surface area contributed by atoms with Crippen LogP contribution in [0.15, 0.2) is 18.2 Å². The van der Waals surface area contributed by atoms with Gasteiger partial charge in [0.15, 0.2) is 6.10 Å². The summed E-state index contributed by atoms with van der Waals surface area (Å²) in [7, 11) is 1.28. The van der Waals surface area contributed by atoms with Crippen molar-refractivity contribution >= 4 is 33.5 Å². The lowest BCUT2D eigenvalue weighted by molar-refractivity contribution is -0.148. The van der Waals surface area contributed by atoms with E-state index in [1.807, 2.05) is 0 Å². The van der Waals surface area contributed by atoms with Crippen molar-refractivity contribution in [2.45, 2.75) is 12.5 Å². The molecule has 0 aliphatic heterocycles. The van der Waals surface area contributed by atoms with Crippen LogP contribution in [-0.4, -0.2) is 24.5 Å². The van der Waals surface area contributed by atoms with Gasteiger partial charge in [0.1, 0.15) is 11.6 Å². The van der Waals surface area contributed by atoms with Crippen molar-refractivity contribution in [3.05, 3.63) is 29.0 Å². The molecule has 1 rings (SSSR count). The molecule has 0 N–H and O–H groups in total. The Bertz CT molecular complexity index is 400. The minimum atomic E-state index is -0.735. The summed E-state index contributed by atoms with van der Waals surface area (Å²) < 4.78 is 22.9. The largest absolute Gasteiger partial charge is 0.479 e. The lowest BCUT2D eigenvalue weighted by atomic mass is 10.2. The topological polar surface area (TPSA) is 35.5 Å². The second kappa shape index (κ2) is 6.81. The van der Waals surface area contributed by atoms with Gasteiger partial charge in [-0.05, 0) is 12.1 Å². The number of halogens is 3. The number of hydrogen-bond acceptors (Lipinski definition) is 3. The van der Waals surface area contributed by atoms with Crippen molar-refractivity contribution in [2.24, 2.45) is 0 Å². The summed E-state index contributed by atoms with van der Waals surface area (Å²) in [5.74, 6) is -0.688. The highest BCUT2D eigenvalue weighted by Gasteiger charge is 2.20. The Balaban J connectivity index is 2.78. The Morgan fingerprint density at radius 2 is 2.29 bits per heavy atom. The summed E-state index contributed by atoms with van der Waals surface area (Å²) in [5.41, 5.74) is 0. The molecule has 1 aromatic carbocycles. The van der Waals surface area contributed by atoms with Crippen LogP contribution in [0.25, 0.3) is 0 Å². The van der Waals surface area contributed by atoms with Crippen LogP contribution in [0, 0.1) is 5.82 Å². The van der Waals surface area contributed by atoms with Crippen LogP contribution >= 0.6 is 27.5 Å². The van der Waals surface area contributed by atoms with Gasteiger partial charge in [-0.2, -0.15) is 0 Å². The molecule has 0 aromatic heterocycles. The van der Waals surface area contributed by atoms with Crippen molar-refractivity contribution in [3.8, 4) is 5.75 Å². The number of ether oxygens (including phenoxy) is 2. The van der Waals surface area contributed by atoms with Crippen molar-refractivity contribution in [2.75, 3.05) is 12.4 Å². The zero-order valence-corrected chi connectivity index (χ0v) is 11.4. The molecule has 0 fully saturated rings. The van der Waals surface area contributed by atoms with Crippen LogP contribution in [0.5, 0.6) is 5.75 Å². The van der Waals surface area contributed by atoms with Gasteiger partial charge in [0.05, 0.1) is 12.1 Å². The number of benzene rings is 1. The Morgan fingerprint density at radius 3 is 2.82 bits per heavy atom. The normalized spacial score (nSPS) is 12.0. The summed E-state index contributed by atoms with van der Waals surface area (Å²) in [6, 6.07) is 3.91. The Kier molecular flexibility index (Phi) is 5.71. The molecule has 0 heterocycles. The van der Waals surface area contributed by atoms with Crippen LogP contribution in [0.3, 0.4) is 0 Å².